The average Bonchev–Trinajstić information content (AvgIpc) is 3.14. The number of hydrogen-bond acceptors (Lipinski definition) is 4. The first-order chi connectivity index (χ1) is 12.3. The van der Waals surface area contributed by atoms with Crippen LogP contribution in [0.1, 0.15) is 16.1 Å². The van der Waals surface area contributed by atoms with E-state index in [4.69, 9.17) is 11.6 Å². The molecule has 1 amide bonds. The maximum absolute atomic E-state index is 13.4. The Labute approximate surface area is 160 Å². The van der Waals surface area contributed by atoms with Gasteiger partial charge >= 0.3 is 0 Å². The van der Waals surface area contributed by atoms with E-state index < -0.39 is 9.84 Å². The topological polar surface area (TPSA) is 58.9 Å². The molecule has 2 aromatic rings. The van der Waals surface area contributed by atoms with Crippen LogP contribution in [0.5, 0.6) is 0 Å². The molecule has 2 aliphatic rings. The van der Waals surface area contributed by atoms with Crippen LogP contribution in [0.2, 0.25) is 5.02 Å². The number of piperazine rings is 1. The Hall–Kier alpha value is -1.22. The Morgan fingerprint density at radius 2 is 2.04 bits per heavy atom. The highest BCUT2D eigenvalue weighted by Gasteiger charge is 2.38. The minimum absolute atomic E-state index is 0.130. The summed E-state index contributed by atoms with van der Waals surface area (Å²) >= 11 is 7.57. The largest absolute Gasteiger partial charge is 0.329 e. The number of nitrogens with zero attached hydrogens (tertiary/aromatic N) is 1. The van der Waals surface area contributed by atoms with Crippen molar-refractivity contribution in [1.82, 2.24) is 4.90 Å². The number of nitrogens with one attached hydrogen (secondary N) is 1. The highest BCUT2D eigenvalue weighted by molar-refractivity contribution is 7.91. The van der Waals surface area contributed by atoms with Gasteiger partial charge in [0.05, 0.1) is 37.0 Å². The van der Waals surface area contributed by atoms with Gasteiger partial charge in [-0.25, -0.2) is 12.8 Å². The van der Waals surface area contributed by atoms with Crippen molar-refractivity contribution in [3.63, 3.8) is 0 Å². The third-order valence-corrected chi connectivity index (χ3v) is 8.70. The van der Waals surface area contributed by atoms with Gasteiger partial charge in [0.15, 0.2) is 9.84 Å². The number of hydrogen-bond donors (Lipinski definition) is 1. The fraction of sp³-hybridized carbons (Fsp3) is 0.471. The van der Waals surface area contributed by atoms with Crippen molar-refractivity contribution < 1.29 is 22.5 Å². The van der Waals surface area contributed by atoms with E-state index in [0.717, 1.165) is 13.1 Å². The Kier molecular flexibility index (Phi) is 4.71. The molecule has 3 heterocycles. The number of fused-ring (bicyclic) bond motifs is 1. The molecule has 0 unspecified atom stereocenters. The van der Waals surface area contributed by atoms with Gasteiger partial charge in [0.2, 0.25) is 0 Å². The lowest BCUT2D eigenvalue weighted by Crippen LogP contribution is -3.18. The Bertz CT molecular complexity index is 968. The van der Waals surface area contributed by atoms with Gasteiger partial charge < -0.3 is 9.80 Å². The maximum Gasteiger partial charge on any atom is 0.265 e. The van der Waals surface area contributed by atoms with Gasteiger partial charge in [0, 0.05) is 16.5 Å². The van der Waals surface area contributed by atoms with Crippen molar-refractivity contribution in [1.29, 1.82) is 0 Å². The summed E-state index contributed by atoms with van der Waals surface area (Å²) in [6.45, 7) is 2.62. The zero-order chi connectivity index (χ0) is 18.5. The summed E-state index contributed by atoms with van der Waals surface area (Å²) < 4.78 is 37.4. The standard InChI is InChI=1S/C17H18ClFN2O3S2/c18-15-13-2-1-11(19)9-14(13)25-16(15)17(22)21-6-4-20(5-7-21)12-3-8-26(23,24)10-12/h1-2,9,12H,3-8,10H2/p+1/t12-/m0/s1. The minimum atomic E-state index is -2.89. The van der Waals surface area contributed by atoms with E-state index >= 15 is 0 Å². The number of sulfone groups is 1. The van der Waals surface area contributed by atoms with Crippen molar-refractivity contribution in [2.24, 2.45) is 0 Å². The summed E-state index contributed by atoms with van der Waals surface area (Å²) in [5.74, 6) is 0.0507. The number of thiophene rings is 1. The molecule has 0 spiro atoms. The average molecular weight is 418 g/mol. The van der Waals surface area contributed by atoms with E-state index in [2.05, 4.69) is 0 Å². The number of carbonyl (C=O) groups is 1. The van der Waals surface area contributed by atoms with Crippen molar-refractivity contribution in [3.8, 4) is 0 Å². The fourth-order valence-electron chi connectivity index (χ4n) is 3.84. The summed E-state index contributed by atoms with van der Waals surface area (Å²) in [5, 5.41) is 1.08. The first-order valence-corrected chi connectivity index (χ1v) is 11.6. The molecule has 1 atom stereocenters. The van der Waals surface area contributed by atoms with E-state index in [1.807, 2.05) is 0 Å². The molecule has 0 radical (unpaired) electrons. The molecule has 2 saturated heterocycles. The second kappa shape index (κ2) is 6.74. The second-order valence-electron chi connectivity index (χ2n) is 6.94. The molecule has 140 valence electrons. The minimum Gasteiger partial charge on any atom is -0.329 e. The zero-order valence-electron chi connectivity index (χ0n) is 14.0. The van der Waals surface area contributed by atoms with Crippen molar-refractivity contribution >= 4 is 48.8 Å². The van der Waals surface area contributed by atoms with Crippen LogP contribution in [0, 0.1) is 5.82 Å². The van der Waals surface area contributed by atoms with Crippen LogP contribution in [-0.2, 0) is 9.84 Å². The molecular formula is C17H19ClFN2O3S2+. The third-order valence-electron chi connectivity index (χ3n) is 5.29. The summed E-state index contributed by atoms with van der Waals surface area (Å²) in [5.41, 5.74) is 0. The van der Waals surface area contributed by atoms with Gasteiger partial charge in [0.25, 0.3) is 5.91 Å². The molecule has 0 saturated carbocycles. The summed E-state index contributed by atoms with van der Waals surface area (Å²) in [7, 11) is -2.89. The number of halogens is 2. The maximum atomic E-state index is 13.4. The van der Waals surface area contributed by atoms with E-state index in [-0.39, 0.29) is 29.3 Å². The van der Waals surface area contributed by atoms with Gasteiger partial charge in [-0.1, -0.05) is 11.6 Å². The predicted molar refractivity (Wildman–Crippen MR) is 100 cm³/mol. The number of quaternary nitrogens is 1. The van der Waals surface area contributed by atoms with Gasteiger partial charge in [-0.05, 0) is 18.2 Å². The van der Waals surface area contributed by atoms with E-state index in [0.29, 0.717) is 39.5 Å². The van der Waals surface area contributed by atoms with Crippen molar-refractivity contribution in [2.75, 3.05) is 37.7 Å². The van der Waals surface area contributed by atoms with E-state index in [1.165, 1.54) is 28.4 Å². The molecule has 1 aromatic heterocycles. The molecule has 26 heavy (non-hydrogen) atoms. The van der Waals surface area contributed by atoms with Gasteiger partial charge in [-0.3, -0.25) is 4.79 Å². The summed E-state index contributed by atoms with van der Waals surface area (Å²) in [4.78, 5) is 16.3. The van der Waals surface area contributed by atoms with Gasteiger partial charge in [-0.15, -0.1) is 11.3 Å². The monoisotopic (exact) mass is 417 g/mol. The van der Waals surface area contributed by atoms with E-state index in [9.17, 15) is 17.6 Å². The summed E-state index contributed by atoms with van der Waals surface area (Å²) in [6.07, 6.45) is 0.708. The predicted octanol–water partition coefficient (Wildman–Crippen LogP) is 1.22. The van der Waals surface area contributed by atoms with Gasteiger partial charge in [0.1, 0.15) is 22.5 Å². The van der Waals surface area contributed by atoms with Crippen LogP contribution in [0.4, 0.5) is 4.39 Å². The molecule has 4 rings (SSSR count). The number of rotatable bonds is 2. The molecule has 9 heteroatoms. The molecule has 1 N–H and O–H groups in total. The summed E-state index contributed by atoms with van der Waals surface area (Å²) in [6, 6.07) is 4.48. The smallest absolute Gasteiger partial charge is 0.265 e. The van der Waals surface area contributed by atoms with Crippen LogP contribution >= 0.6 is 22.9 Å². The highest BCUT2D eigenvalue weighted by atomic mass is 35.5. The Balaban J connectivity index is 1.46. The van der Waals surface area contributed by atoms with Crippen LogP contribution in [0.15, 0.2) is 18.2 Å². The first-order valence-electron chi connectivity index (χ1n) is 8.56. The van der Waals surface area contributed by atoms with Crippen LogP contribution in [0.25, 0.3) is 10.1 Å². The number of benzene rings is 1. The molecule has 1 aromatic carbocycles. The van der Waals surface area contributed by atoms with Crippen LogP contribution < -0.4 is 4.90 Å². The first kappa shape index (κ1) is 18.2. The lowest BCUT2D eigenvalue weighted by molar-refractivity contribution is -0.925. The quantitative estimate of drug-likeness (QED) is 0.799. The molecule has 0 bridgehead atoms. The van der Waals surface area contributed by atoms with Crippen molar-refractivity contribution in [2.45, 2.75) is 12.5 Å². The Morgan fingerprint density at radius 3 is 2.69 bits per heavy atom. The van der Waals surface area contributed by atoms with Crippen LogP contribution in [0.3, 0.4) is 0 Å². The number of carbonyl (C=O) groups excluding carboxylic acids is 1. The van der Waals surface area contributed by atoms with Crippen LogP contribution in [-0.4, -0.2) is 63.0 Å². The SMILES string of the molecule is O=C(c1sc2cc(F)ccc2c1Cl)N1CC[NH+]([C@H]2CCS(=O)(=O)C2)CC1. The highest BCUT2D eigenvalue weighted by Crippen LogP contribution is 2.36. The normalized spacial score (nSPS) is 23.6. The molecule has 0 aliphatic carbocycles. The molecule has 2 fully saturated rings. The molecule has 5 nitrogen and oxygen atoms in total. The number of amides is 1. The van der Waals surface area contributed by atoms with Crippen molar-refractivity contribution in [3.05, 3.63) is 33.9 Å². The van der Waals surface area contributed by atoms with E-state index in [1.54, 1.807) is 11.0 Å². The Morgan fingerprint density at radius 1 is 1.31 bits per heavy atom. The lowest BCUT2D eigenvalue weighted by Gasteiger charge is -2.34. The molecular weight excluding hydrogens is 399 g/mol. The zero-order valence-corrected chi connectivity index (χ0v) is 16.4. The second-order valence-corrected chi connectivity index (χ2v) is 10.6. The lowest BCUT2D eigenvalue weighted by atomic mass is 10.2. The molecule has 2 aliphatic heterocycles. The van der Waals surface area contributed by atoms with Gasteiger partial charge in [-0.2, -0.15) is 0 Å². The fourth-order valence-corrected chi connectivity index (χ4v) is 7.17. The third kappa shape index (κ3) is 3.35.